The smallest absolute Gasteiger partial charge is 0.274 e. The van der Waals surface area contributed by atoms with Gasteiger partial charge in [-0.15, -0.1) is 0 Å². The summed E-state index contributed by atoms with van der Waals surface area (Å²) in [5.41, 5.74) is -1.04. The molecule has 0 amide bonds. The molecule has 0 fully saturated rings. The number of ether oxygens (including phenoxy) is 1. The van der Waals surface area contributed by atoms with Gasteiger partial charge in [-0.3, -0.25) is 4.79 Å². The molecule has 0 aliphatic carbocycles. The van der Waals surface area contributed by atoms with Crippen LogP contribution in [0.2, 0.25) is 0 Å². The molecular formula is C16H14F2N3O4P. The molecular weight excluding hydrogens is 367 g/mol. The zero-order valence-corrected chi connectivity index (χ0v) is 14.4. The van der Waals surface area contributed by atoms with Gasteiger partial charge in [0.25, 0.3) is 5.56 Å². The zero-order valence-electron chi connectivity index (χ0n) is 13.5. The van der Waals surface area contributed by atoms with Crippen molar-refractivity contribution in [3.8, 4) is 17.1 Å². The minimum absolute atomic E-state index is 0.000756. The first-order valence-electron chi connectivity index (χ1n) is 7.46. The molecule has 0 radical (unpaired) electrons. The van der Waals surface area contributed by atoms with Gasteiger partial charge in [0.1, 0.15) is 11.6 Å². The van der Waals surface area contributed by atoms with Crippen LogP contribution >= 0.6 is 8.38 Å². The average Bonchev–Trinajstić information content (AvgIpc) is 2.59. The number of fused-ring (bicyclic) bond motifs is 1. The number of nitrogens with one attached hydrogen (secondary N) is 1. The number of halogens is 2. The Kier molecular flexibility index (Phi) is 5.22. The summed E-state index contributed by atoms with van der Waals surface area (Å²) in [4.78, 5) is 34.1. The highest BCUT2D eigenvalue weighted by atomic mass is 31.2. The lowest BCUT2D eigenvalue weighted by Gasteiger charge is -2.11. The number of hydrogen-bond donors (Lipinski definition) is 3. The topological polar surface area (TPSA) is 108 Å². The first-order valence-corrected chi connectivity index (χ1v) is 8.90. The lowest BCUT2D eigenvalue weighted by Crippen LogP contribution is -2.11. The maximum absolute atomic E-state index is 14.6. The van der Waals surface area contributed by atoms with Crippen molar-refractivity contribution < 1.29 is 23.3 Å². The van der Waals surface area contributed by atoms with Crippen molar-refractivity contribution in [2.75, 3.05) is 13.3 Å². The second-order valence-corrected chi connectivity index (χ2v) is 6.65. The van der Waals surface area contributed by atoms with E-state index in [2.05, 4.69) is 15.2 Å². The Labute approximate surface area is 147 Å². The van der Waals surface area contributed by atoms with Crippen molar-refractivity contribution in [3.05, 3.63) is 51.9 Å². The molecule has 26 heavy (non-hydrogen) atoms. The second-order valence-electron chi connectivity index (χ2n) is 5.46. The number of hydrogen-bond acceptors (Lipinski definition) is 6. The van der Waals surface area contributed by atoms with E-state index in [1.54, 1.807) is 0 Å². The van der Waals surface area contributed by atoms with E-state index >= 15 is 0 Å². The van der Waals surface area contributed by atoms with Crippen molar-refractivity contribution in [3.63, 3.8) is 0 Å². The Morgan fingerprint density at radius 2 is 1.92 bits per heavy atom. The third-order valence-corrected chi connectivity index (χ3v) is 4.40. The highest BCUT2D eigenvalue weighted by molar-refractivity contribution is 7.45. The van der Waals surface area contributed by atoms with Crippen LogP contribution in [0.25, 0.3) is 22.0 Å². The zero-order chi connectivity index (χ0) is 18.8. The van der Waals surface area contributed by atoms with Crippen LogP contribution in [0.1, 0.15) is 5.56 Å². The minimum atomic E-state index is -2.16. The molecule has 0 aliphatic rings. The minimum Gasteiger partial charge on any atom is -0.481 e. The van der Waals surface area contributed by atoms with Crippen molar-refractivity contribution in [1.29, 1.82) is 0 Å². The van der Waals surface area contributed by atoms with Gasteiger partial charge in [-0.25, -0.2) is 18.9 Å². The van der Waals surface area contributed by atoms with Gasteiger partial charge < -0.3 is 14.5 Å². The number of nitrogens with zero attached hydrogens (tertiary/aromatic N) is 2. The van der Waals surface area contributed by atoms with Crippen molar-refractivity contribution in [2.45, 2.75) is 6.42 Å². The number of benzene rings is 1. The summed E-state index contributed by atoms with van der Waals surface area (Å²) < 4.78 is 34.3. The van der Waals surface area contributed by atoms with Gasteiger partial charge in [0, 0.05) is 17.6 Å². The molecule has 3 rings (SSSR count). The summed E-state index contributed by atoms with van der Waals surface area (Å²) in [6.07, 6.45) is 1.43. The van der Waals surface area contributed by atoms with Crippen LogP contribution in [-0.2, 0) is 6.42 Å². The summed E-state index contributed by atoms with van der Waals surface area (Å²) in [6.45, 7) is 0. The van der Waals surface area contributed by atoms with Gasteiger partial charge in [0.05, 0.1) is 30.0 Å². The molecule has 0 saturated carbocycles. The molecule has 0 bridgehead atoms. The first-order chi connectivity index (χ1) is 12.4. The Bertz CT molecular complexity index is 1000. The van der Waals surface area contributed by atoms with Gasteiger partial charge in [-0.1, -0.05) is 0 Å². The molecule has 10 heteroatoms. The number of aromatic amines is 1. The van der Waals surface area contributed by atoms with Crippen LogP contribution in [-0.4, -0.2) is 38.2 Å². The molecule has 1 aromatic carbocycles. The Hall–Kier alpha value is -2.48. The van der Waals surface area contributed by atoms with E-state index in [4.69, 9.17) is 14.5 Å². The lowest BCUT2D eigenvalue weighted by molar-refractivity contribution is 0.399. The van der Waals surface area contributed by atoms with Gasteiger partial charge in [-0.2, -0.15) is 5.10 Å². The first kappa shape index (κ1) is 18.3. The highest BCUT2D eigenvalue weighted by Gasteiger charge is 2.20. The summed E-state index contributed by atoms with van der Waals surface area (Å²) in [5.74, 6) is -1.76. The standard InChI is InChI=1S/C16H14F2N3O4P/c1-25-12-6-9-7-19-21-16(22)13(9)15(20-12)14-10(17)4-8(5-11(14)18)2-3-26(23)24/h4-7,23-24H,2-3H2,1H3,(H,21,22). The molecule has 136 valence electrons. The third-order valence-electron chi connectivity index (χ3n) is 3.77. The van der Waals surface area contributed by atoms with Gasteiger partial charge in [0.15, 0.2) is 8.38 Å². The summed E-state index contributed by atoms with van der Waals surface area (Å²) in [7, 11) is -0.812. The fourth-order valence-corrected chi connectivity index (χ4v) is 3.07. The second kappa shape index (κ2) is 7.41. The van der Waals surface area contributed by atoms with Crippen LogP contribution in [0, 0.1) is 11.6 Å². The number of aromatic nitrogens is 3. The monoisotopic (exact) mass is 381 g/mol. The quantitative estimate of drug-likeness (QED) is 0.584. The SMILES string of the molecule is COc1cc2cn[nH]c(=O)c2c(-c2c(F)cc(CCP(O)O)cc2F)n1. The van der Waals surface area contributed by atoms with E-state index in [-0.39, 0.29) is 35.1 Å². The number of methoxy groups -OCH3 is 1. The maximum atomic E-state index is 14.6. The van der Waals surface area contributed by atoms with E-state index in [0.29, 0.717) is 5.39 Å². The normalized spacial score (nSPS) is 11.3. The van der Waals surface area contributed by atoms with E-state index in [1.165, 1.54) is 19.4 Å². The van der Waals surface area contributed by atoms with E-state index in [9.17, 15) is 13.6 Å². The van der Waals surface area contributed by atoms with Gasteiger partial charge in [-0.05, 0) is 24.1 Å². The fourth-order valence-electron chi connectivity index (χ4n) is 2.61. The fraction of sp³-hybridized carbons (Fsp3) is 0.188. The summed E-state index contributed by atoms with van der Waals surface area (Å²) >= 11 is 0. The highest BCUT2D eigenvalue weighted by Crippen LogP contribution is 2.33. The molecule has 0 saturated heterocycles. The van der Waals surface area contributed by atoms with E-state index < -0.39 is 31.1 Å². The summed E-state index contributed by atoms with van der Waals surface area (Å²) in [6, 6.07) is 3.61. The maximum Gasteiger partial charge on any atom is 0.274 e. The average molecular weight is 381 g/mol. The van der Waals surface area contributed by atoms with Gasteiger partial charge in [0.2, 0.25) is 5.88 Å². The molecule has 2 heterocycles. The van der Waals surface area contributed by atoms with Crippen LogP contribution in [0.4, 0.5) is 8.78 Å². The third kappa shape index (κ3) is 3.55. The van der Waals surface area contributed by atoms with Gasteiger partial charge >= 0.3 is 0 Å². The van der Waals surface area contributed by atoms with E-state index in [0.717, 1.165) is 12.1 Å². The molecule has 7 nitrogen and oxygen atoms in total. The number of rotatable bonds is 5. The summed E-state index contributed by atoms with van der Waals surface area (Å²) in [5, 5.41) is 6.20. The Morgan fingerprint density at radius 1 is 1.23 bits per heavy atom. The van der Waals surface area contributed by atoms with Crippen LogP contribution in [0.15, 0.2) is 29.2 Å². The molecule has 0 aliphatic heterocycles. The predicted molar refractivity (Wildman–Crippen MR) is 92.0 cm³/mol. The Morgan fingerprint density at radius 3 is 2.54 bits per heavy atom. The van der Waals surface area contributed by atoms with Crippen molar-refractivity contribution in [1.82, 2.24) is 15.2 Å². The molecule has 0 spiro atoms. The molecule has 2 aromatic heterocycles. The molecule has 3 N–H and O–H groups in total. The number of pyridine rings is 1. The Balaban J connectivity index is 2.22. The van der Waals surface area contributed by atoms with Crippen LogP contribution < -0.4 is 10.3 Å². The van der Waals surface area contributed by atoms with Crippen LogP contribution in [0.3, 0.4) is 0 Å². The van der Waals surface area contributed by atoms with E-state index in [1.807, 2.05) is 0 Å². The van der Waals surface area contributed by atoms with Crippen molar-refractivity contribution >= 4 is 19.1 Å². The molecule has 3 aromatic rings. The number of H-pyrrole nitrogens is 1. The predicted octanol–water partition coefficient (Wildman–Crippen LogP) is 2.11. The molecule has 0 atom stereocenters. The van der Waals surface area contributed by atoms with Crippen LogP contribution in [0.5, 0.6) is 5.88 Å². The lowest BCUT2D eigenvalue weighted by atomic mass is 10.0. The van der Waals surface area contributed by atoms with Crippen molar-refractivity contribution in [2.24, 2.45) is 0 Å². The number of aryl methyl sites for hydroxylation is 1. The molecule has 0 unspecified atom stereocenters. The largest absolute Gasteiger partial charge is 0.481 e.